The van der Waals surface area contributed by atoms with E-state index in [1.807, 2.05) is 12.1 Å². The molecule has 3 aliphatic heterocycles. The van der Waals surface area contributed by atoms with Gasteiger partial charge in [0.05, 0.1) is 42.6 Å². The average Bonchev–Trinajstić information content (AvgIpc) is 3.62. The number of hydrogen-bond donors (Lipinski definition) is 2. The Kier molecular flexibility index (Phi) is 5.41. The summed E-state index contributed by atoms with van der Waals surface area (Å²) in [5.41, 5.74) is 2.58. The summed E-state index contributed by atoms with van der Waals surface area (Å²) in [5.74, 6) is 1.40. The molecule has 0 spiro atoms. The van der Waals surface area contributed by atoms with Crippen LogP contribution >= 0.6 is 0 Å². The molecule has 35 heavy (non-hydrogen) atoms. The summed E-state index contributed by atoms with van der Waals surface area (Å²) in [6.45, 7) is 0.886. The van der Waals surface area contributed by atoms with Crippen molar-refractivity contribution >= 4 is 11.9 Å². The number of carbonyl (C=O) groups excluding carboxylic acids is 1. The van der Waals surface area contributed by atoms with Crippen molar-refractivity contribution in [3.63, 3.8) is 0 Å². The maximum atomic E-state index is 12.8. The Hall–Kier alpha value is -4.20. The molecule has 2 saturated heterocycles. The molecule has 10 heteroatoms. The normalized spacial score (nSPS) is 24.0. The summed E-state index contributed by atoms with van der Waals surface area (Å²) in [7, 11) is 0. The number of benzene rings is 2. The molecule has 1 amide bonds. The summed E-state index contributed by atoms with van der Waals surface area (Å²) in [6.07, 6.45) is 1.12. The maximum absolute atomic E-state index is 12.8. The van der Waals surface area contributed by atoms with E-state index in [1.165, 1.54) is 0 Å². The average molecular weight is 471 g/mol. The first-order valence-corrected chi connectivity index (χ1v) is 11.2. The number of ether oxygens (including phenoxy) is 4. The number of anilines is 1. The standard InChI is InChI=1S/C25H21N5O5/c26-10-14-2-1-3-15(8-14)17-6-7-27-25(29-17)30-19-12-33-22-18(11-32-23(19)22)28-24(31)16-4-5-20-21(9-16)35-13-34-20/h1-9,18-19,22-23H,11-13H2,(H,28,31)(H,27,29,30)/t18-,19-,22+,23+/m0/s1. The first-order valence-electron chi connectivity index (χ1n) is 11.2. The van der Waals surface area contributed by atoms with E-state index in [0.29, 0.717) is 47.5 Å². The van der Waals surface area contributed by atoms with Crippen LogP contribution in [-0.2, 0) is 9.47 Å². The molecule has 6 rings (SSSR count). The van der Waals surface area contributed by atoms with E-state index >= 15 is 0 Å². The van der Waals surface area contributed by atoms with Gasteiger partial charge in [-0.1, -0.05) is 12.1 Å². The SMILES string of the molecule is N#Cc1cccc(-c2ccnc(N[C@H]3CO[C@H]4[C@@H]3OC[C@@H]4NC(=O)c3ccc4c(c3)OCO4)n2)c1. The minimum Gasteiger partial charge on any atom is -0.454 e. The number of fused-ring (bicyclic) bond motifs is 2. The molecule has 2 fully saturated rings. The van der Waals surface area contributed by atoms with Gasteiger partial charge >= 0.3 is 0 Å². The van der Waals surface area contributed by atoms with E-state index < -0.39 is 0 Å². The zero-order valence-corrected chi connectivity index (χ0v) is 18.5. The van der Waals surface area contributed by atoms with Gasteiger partial charge in [0.2, 0.25) is 12.7 Å². The third-order valence-corrected chi connectivity index (χ3v) is 6.26. The van der Waals surface area contributed by atoms with E-state index in [1.54, 1.807) is 42.6 Å². The molecule has 3 aromatic rings. The predicted molar refractivity (Wildman–Crippen MR) is 123 cm³/mol. The zero-order valence-electron chi connectivity index (χ0n) is 18.5. The molecule has 3 aliphatic rings. The van der Waals surface area contributed by atoms with E-state index in [0.717, 1.165) is 5.56 Å². The molecule has 10 nitrogen and oxygen atoms in total. The molecule has 1 aromatic heterocycles. The molecular weight excluding hydrogens is 450 g/mol. The second kappa shape index (κ2) is 8.87. The molecule has 0 unspecified atom stereocenters. The number of nitrogens with one attached hydrogen (secondary N) is 2. The van der Waals surface area contributed by atoms with E-state index in [2.05, 4.69) is 26.7 Å². The molecule has 4 heterocycles. The van der Waals surface area contributed by atoms with Crippen LogP contribution in [-0.4, -0.2) is 60.2 Å². The van der Waals surface area contributed by atoms with Gasteiger partial charge < -0.3 is 29.6 Å². The van der Waals surface area contributed by atoms with Crippen molar-refractivity contribution in [2.24, 2.45) is 0 Å². The van der Waals surface area contributed by atoms with E-state index in [-0.39, 0.29) is 37.0 Å². The van der Waals surface area contributed by atoms with Gasteiger partial charge in [0.15, 0.2) is 11.5 Å². The summed E-state index contributed by atoms with van der Waals surface area (Å²) in [4.78, 5) is 21.7. The highest BCUT2D eigenvalue weighted by Crippen LogP contribution is 2.33. The Morgan fingerprint density at radius 3 is 2.71 bits per heavy atom. The van der Waals surface area contributed by atoms with E-state index in [4.69, 9.17) is 24.2 Å². The van der Waals surface area contributed by atoms with Gasteiger partial charge in [0.1, 0.15) is 12.2 Å². The molecule has 2 aromatic carbocycles. The summed E-state index contributed by atoms with van der Waals surface area (Å²) < 4.78 is 22.6. The van der Waals surface area contributed by atoms with E-state index in [9.17, 15) is 4.79 Å². The fraction of sp³-hybridized carbons (Fsp3) is 0.280. The van der Waals surface area contributed by atoms with Crippen molar-refractivity contribution in [1.29, 1.82) is 5.26 Å². The number of amides is 1. The first-order chi connectivity index (χ1) is 17.2. The number of rotatable bonds is 5. The van der Waals surface area contributed by atoms with Crippen LogP contribution in [0, 0.1) is 11.3 Å². The van der Waals surface area contributed by atoms with Gasteiger partial charge in [-0.2, -0.15) is 5.26 Å². The van der Waals surface area contributed by atoms with Crippen LogP contribution in [0.5, 0.6) is 11.5 Å². The quantitative estimate of drug-likeness (QED) is 0.575. The Labute approximate surface area is 200 Å². The lowest BCUT2D eigenvalue weighted by molar-refractivity contribution is 0.0652. The van der Waals surface area contributed by atoms with Crippen molar-refractivity contribution in [1.82, 2.24) is 15.3 Å². The lowest BCUT2D eigenvalue weighted by Gasteiger charge is -2.18. The van der Waals surface area contributed by atoms with Crippen molar-refractivity contribution in [3.8, 4) is 28.8 Å². The molecule has 0 saturated carbocycles. The monoisotopic (exact) mass is 471 g/mol. The molecule has 176 valence electrons. The minimum absolute atomic E-state index is 0.154. The Balaban J connectivity index is 1.11. The minimum atomic E-state index is -0.291. The van der Waals surface area contributed by atoms with Crippen LogP contribution in [0.1, 0.15) is 15.9 Å². The maximum Gasteiger partial charge on any atom is 0.251 e. The highest BCUT2D eigenvalue weighted by molar-refractivity contribution is 5.95. The Morgan fingerprint density at radius 1 is 1.00 bits per heavy atom. The third kappa shape index (κ3) is 4.12. The molecule has 2 N–H and O–H groups in total. The highest BCUT2D eigenvalue weighted by atomic mass is 16.7. The van der Waals surface area contributed by atoms with Gasteiger partial charge in [0, 0.05) is 17.3 Å². The fourth-order valence-corrected chi connectivity index (χ4v) is 4.54. The van der Waals surface area contributed by atoms with Crippen LogP contribution in [0.15, 0.2) is 54.7 Å². The number of aromatic nitrogens is 2. The van der Waals surface area contributed by atoms with Crippen molar-refractivity contribution in [2.45, 2.75) is 24.3 Å². The second-order valence-electron chi connectivity index (χ2n) is 8.45. The van der Waals surface area contributed by atoms with Crippen LogP contribution in [0.4, 0.5) is 5.95 Å². The molecule has 0 bridgehead atoms. The topological polar surface area (TPSA) is 128 Å². The molecule has 0 radical (unpaired) electrons. The number of hydrogen-bond acceptors (Lipinski definition) is 9. The Bertz CT molecular complexity index is 1330. The van der Waals surface area contributed by atoms with Crippen molar-refractivity contribution in [2.75, 3.05) is 25.3 Å². The second-order valence-corrected chi connectivity index (χ2v) is 8.45. The lowest BCUT2D eigenvalue weighted by Crippen LogP contribution is -2.44. The third-order valence-electron chi connectivity index (χ3n) is 6.26. The van der Waals surface area contributed by atoms with Gasteiger partial charge in [0.25, 0.3) is 5.91 Å². The van der Waals surface area contributed by atoms with Crippen LogP contribution in [0.25, 0.3) is 11.3 Å². The summed E-state index contributed by atoms with van der Waals surface area (Å²) >= 11 is 0. The highest BCUT2D eigenvalue weighted by Gasteiger charge is 2.48. The first kappa shape index (κ1) is 21.3. The number of nitrogens with zero attached hydrogens (tertiary/aromatic N) is 3. The number of nitriles is 1. The van der Waals surface area contributed by atoms with Crippen LogP contribution in [0.3, 0.4) is 0 Å². The van der Waals surface area contributed by atoms with Crippen LogP contribution in [0.2, 0.25) is 0 Å². The molecule has 0 aliphatic carbocycles. The lowest BCUT2D eigenvalue weighted by atomic mass is 10.1. The molecular formula is C25H21N5O5. The van der Waals surface area contributed by atoms with Crippen LogP contribution < -0.4 is 20.1 Å². The number of carbonyl (C=O) groups is 1. The Morgan fingerprint density at radius 2 is 1.83 bits per heavy atom. The largest absolute Gasteiger partial charge is 0.454 e. The summed E-state index contributed by atoms with van der Waals surface area (Å²) in [6, 6.07) is 15.8. The smallest absolute Gasteiger partial charge is 0.251 e. The zero-order chi connectivity index (χ0) is 23.8. The van der Waals surface area contributed by atoms with Gasteiger partial charge in [-0.05, 0) is 36.4 Å². The predicted octanol–water partition coefficient (Wildman–Crippen LogP) is 2.12. The molecule has 4 atom stereocenters. The van der Waals surface area contributed by atoms with Gasteiger partial charge in [-0.3, -0.25) is 4.79 Å². The van der Waals surface area contributed by atoms with Crippen molar-refractivity contribution in [3.05, 3.63) is 65.9 Å². The van der Waals surface area contributed by atoms with Crippen molar-refractivity contribution < 1.29 is 23.7 Å². The van der Waals surface area contributed by atoms with Gasteiger partial charge in [-0.15, -0.1) is 0 Å². The summed E-state index contributed by atoms with van der Waals surface area (Å²) in [5, 5.41) is 15.5. The fourth-order valence-electron chi connectivity index (χ4n) is 4.54. The van der Waals surface area contributed by atoms with Gasteiger partial charge in [-0.25, -0.2) is 9.97 Å².